The molecule has 4 rings (SSSR count). The van der Waals surface area contributed by atoms with E-state index in [9.17, 15) is 23.9 Å². The van der Waals surface area contributed by atoms with Gasteiger partial charge in [-0.2, -0.15) is 0 Å². The summed E-state index contributed by atoms with van der Waals surface area (Å²) < 4.78 is 14.7. The van der Waals surface area contributed by atoms with E-state index in [-0.39, 0.29) is 33.9 Å². The number of carbonyl (C=O) groups excluding carboxylic acids is 1. The third-order valence-corrected chi connectivity index (χ3v) is 6.49. The molecule has 0 saturated heterocycles. The minimum absolute atomic E-state index is 0.00937. The van der Waals surface area contributed by atoms with Gasteiger partial charge in [0.1, 0.15) is 17.2 Å². The second-order valence-electron chi connectivity index (χ2n) is 9.10. The number of nitrogens with one attached hydrogen (secondary N) is 2. The van der Waals surface area contributed by atoms with Gasteiger partial charge in [-0.05, 0) is 36.5 Å². The molecule has 3 N–H and O–H groups in total. The number of carbonyl (C=O) groups is 1. The van der Waals surface area contributed by atoms with Crippen LogP contribution in [-0.2, 0) is 0 Å². The molecule has 1 atom stereocenters. The van der Waals surface area contributed by atoms with Gasteiger partial charge >= 0.3 is 0 Å². The lowest BCUT2D eigenvalue weighted by molar-refractivity contribution is 0.0819. The van der Waals surface area contributed by atoms with Gasteiger partial charge in [-0.25, -0.2) is 9.37 Å². The van der Waals surface area contributed by atoms with Gasteiger partial charge in [-0.1, -0.05) is 19.8 Å². The smallest absolute Gasteiger partial charge is 0.275 e. The number of halogens is 1. The number of rotatable bonds is 7. The Morgan fingerprint density at radius 2 is 1.79 bits per heavy atom. The zero-order valence-corrected chi connectivity index (χ0v) is 19.2. The summed E-state index contributed by atoms with van der Waals surface area (Å²) in [5.74, 6) is -1.47. The first-order chi connectivity index (χ1) is 16.1. The van der Waals surface area contributed by atoms with E-state index < -0.39 is 34.4 Å². The molecular formula is C24H26FN5O4. The van der Waals surface area contributed by atoms with E-state index in [0.29, 0.717) is 0 Å². The maximum Gasteiger partial charge on any atom is 0.275 e. The number of hydrogen-bond donors (Lipinski definition) is 3. The van der Waals surface area contributed by atoms with Crippen molar-refractivity contribution in [2.45, 2.75) is 38.6 Å². The fourth-order valence-electron chi connectivity index (χ4n) is 4.51. The first kappa shape index (κ1) is 23.3. The molecule has 0 bridgehead atoms. The molecule has 9 nitrogen and oxygen atoms in total. The monoisotopic (exact) mass is 467 g/mol. The van der Waals surface area contributed by atoms with E-state index >= 15 is 0 Å². The number of hydrogen-bond acceptors (Lipinski definition) is 8. The van der Waals surface area contributed by atoms with Crippen molar-refractivity contribution in [2.75, 3.05) is 24.7 Å². The summed E-state index contributed by atoms with van der Waals surface area (Å²) in [6, 6.07) is 3.55. The standard InChI is InChI=1S/C24H26FN5O4/c1-24(9-4-5-10-24)22(15-13(25)7-6-11-26-15)29-17-16(20(32)21(17)33)28-14-8-12-27-18(19(14)31)23(34)30(2)3/h6-8,11-12,22,29,31H,4-5,9-10H2,1-3H3,(H,27,28)/t22-/m0/s1. The van der Waals surface area contributed by atoms with Crippen LogP contribution < -0.4 is 21.5 Å². The Hall–Kier alpha value is -3.82. The topological polar surface area (TPSA) is 125 Å². The number of nitrogens with zero attached hydrogens (tertiary/aromatic N) is 3. The van der Waals surface area contributed by atoms with Crippen molar-refractivity contribution >= 4 is 23.0 Å². The first-order valence-electron chi connectivity index (χ1n) is 11.0. The molecule has 0 spiro atoms. The highest BCUT2D eigenvalue weighted by Crippen LogP contribution is 2.49. The van der Waals surface area contributed by atoms with Crippen molar-refractivity contribution in [3.8, 4) is 5.75 Å². The van der Waals surface area contributed by atoms with Crippen LogP contribution in [0.2, 0.25) is 0 Å². The summed E-state index contributed by atoms with van der Waals surface area (Å²) in [4.78, 5) is 46.6. The minimum atomic E-state index is -0.781. The van der Waals surface area contributed by atoms with E-state index in [2.05, 4.69) is 20.6 Å². The van der Waals surface area contributed by atoms with E-state index in [1.807, 2.05) is 6.92 Å². The molecule has 1 amide bonds. The van der Waals surface area contributed by atoms with E-state index in [1.54, 1.807) is 0 Å². The van der Waals surface area contributed by atoms with Crippen LogP contribution in [-0.4, -0.2) is 40.0 Å². The minimum Gasteiger partial charge on any atom is -0.504 e. The lowest BCUT2D eigenvalue weighted by Gasteiger charge is -2.35. The predicted octanol–water partition coefficient (Wildman–Crippen LogP) is 3.10. The third kappa shape index (κ3) is 4.00. The molecule has 0 unspecified atom stereocenters. The van der Waals surface area contributed by atoms with Crippen LogP contribution in [0.4, 0.5) is 21.5 Å². The van der Waals surface area contributed by atoms with Crippen molar-refractivity contribution in [2.24, 2.45) is 5.41 Å². The van der Waals surface area contributed by atoms with E-state index in [1.165, 1.54) is 49.6 Å². The van der Waals surface area contributed by atoms with Gasteiger partial charge in [0.05, 0.1) is 17.4 Å². The number of aromatic nitrogens is 2. The van der Waals surface area contributed by atoms with Crippen molar-refractivity contribution in [3.63, 3.8) is 0 Å². The van der Waals surface area contributed by atoms with E-state index in [4.69, 9.17) is 0 Å². The van der Waals surface area contributed by atoms with Gasteiger partial charge in [0.25, 0.3) is 16.8 Å². The lowest BCUT2D eigenvalue weighted by Crippen LogP contribution is -2.40. The Balaban J connectivity index is 1.70. The molecule has 34 heavy (non-hydrogen) atoms. The maximum absolute atomic E-state index is 14.7. The van der Waals surface area contributed by atoms with Crippen molar-refractivity contribution in [3.05, 3.63) is 68.2 Å². The van der Waals surface area contributed by atoms with Gasteiger partial charge in [-0.3, -0.25) is 19.4 Å². The number of aromatic hydroxyl groups is 1. The predicted molar refractivity (Wildman–Crippen MR) is 126 cm³/mol. The summed E-state index contributed by atoms with van der Waals surface area (Å²) in [5, 5.41) is 16.4. The maximum atomic E-state index is 14.7. The van der Waals surface area contributed by atoms with E-state index in [0.717, 1.165) is 25.7 Å². The largest absolute Gasteiger partial charge is 0.504 e. The Labute approximate surface area is 195 Å². The SMILES string of the molecule is CN(C)C(=O)c1nccc(Nc2c(N[C@@H](c3ncccc3F)C3(C)CCCC3)c(=O)c2=O)c1O. The van der Waals surface area contributed by atoms with Crippen molar-refractivity contribution < 1.29 is 14.3 Å². The molecule has 3 aromatic rings. The molecule has 1 fully saturated rings. The second-order valence-corrected chi connectivity index (χ2v) is 9.10. The molecular weight excluding hydrogens is 441 g/mol. The van der Waals surface area contributed by atoms with Crippen LogP contribution in [0.25, 0.3) is 0 Å². The highest BCUT2D eigenvalue weighted by molar-refractivity contribution is 5.97. The zero-order chi connectivity index (χ0) is 24.6. The van der Waals surface area contributed by atoms with Crippen LogP contribution >= 0.6 is 0 Å². The normalized spacial score (nSPS) is 15.8. The highest BCUT2D eigenvalue weighted by Gasteiger charge is 2.41. The summed E-state index contributed by atoms with van der Waals surface area (Å²) >= 11 is 0. The molecule has 1 aromatic carbocycles. The Morgan fingerprint density at radius 3 is 2.44 bits per heavy atom. The van der Waals surface area contributed by atoms with Crippen LogP contribution in [0.15, 0.2) is 40.2 Å². The number of anilines is 3. The Kier molecular flexibility index (Phi) is 6.07. The summed E-state index contributed by atoms with van der Waals surface area (Å²) in [6.45, 7) is 2.01. The molecule has 0 aliphatic heterocycles. The third-order valence-electron chi connectivity index (χ3n) is 6.49. The molecule has 1 saturated carbocycles. The molecule has 10 heteroatoms. The van der Waals surface area contributed by atoms with Crippen LogP contribution in [0.5, 0.6) is 5.75 Å². The van der Waals surface area contributed by atoms with Gasteiger partial charge in [-0.15, -0.1) is 0 Å². The number of pyridine rings is 2. The Morgan fingerprint density at radius 1 is 1.12 bits per heavy atom. The average molecular weight is 468 g/mol. The summed E-state index contributed by atoms with van der Waals surface area (Å²) in [6.07, 6.45) is 6.34. The summed E-state index contributed by atoms with van der Waals surface area (Å²) in [7, 11) is 3.03. The molecule has 2 heterocycles. The van der Waals surface area contributed by atoms with Crippen LogP contribution in [0, 0.1) is 11.2 Å². The molecule has 178 valence electrons. The Bertz CT molecular complexity index is 1310. The van der Waals surface area contributed by atoms with Crippen molar-refractivity contribution in [1.82, 2.24) is 14.9 Å². The van der Waals surface area contributed by atoms with Gasteiger partial charge in [0.2, 0.25) is 0 Å². The van der Waals surface area contributed by atoms with Gasteiger partial charge in [0.15, 0.2) is 11.4 Å². The van der Waals surface area contributed by atoms with Gasteiger partial charge < -0.3 is 20.6 Å². The zero-order valence-electron chi connectivity index (χ0n) is 19.2. The molecule has 1 aliphatic carbocycles. The first-order valence-corrected chi connectivity index (χ1v) is 11.0. The van der Waals surface area contributed by atoms with Gasteiger partial charge in [0, 0.05) is 26.5 Å². The fourth-order valence-corrected chi connectivity index (χ4v) is 4.51. The molecule has 2 aromatic heterocycles. The molecule has 1 aliphatic rings. The van der Waals surface area contributed by atoms with Crippen molar-refractivity contribution in [1.29, 1.82) is 0 Å². The van der Waals surface area contributed by atoms with Crippen LogP contribution in [0.1, 0.15) is 54.8 Å². The summed E-state index contributed by atoms with van der Waals surface area (Å²) in [5.41, 5.74) is -1.96. The second kappa shape index (κ2) is 8.85. The average Bonchev–Trinajstić information content (AvgIpc) is 3.26. The quantitative estimate of drug-likeness (QED) is 0.453. The number of amides is 1. The molecule has 0 radical (unpaired) electrons. The highest BCUT2D eigenvalue weighted by atomic mass is 19.1. The van der Waals surface area contributed by atoms with Crippen LogP contribution in [0.3, 0.4) is 0 Å². The lowest BCUT2D eigenvalue weighted by atomic mass is 9.78. The fraction of sp³-hybridized carbons (Fsp3) is 0.375.